The maximum atomic E-state index is 4.05. The van der Waals surface area contributed by atoms with Gasteiger partial charge >= 0.3 is 0 Å². The molecule has 0 unspecified atom stereocenters. The van der Waals surface area contributed by atoms with Crippen molar-refractivity contribution in [2.75, 3.05) is 0 Å². The van der Waals surface area contributed by atoms with Gasteiger partial charge in [-0.05, 0) is 24.5 Å². The van der Waals surface area contributed by atoms with Crippen molar-refractivity contribution in [3.63, 3.8) is 0 Å². The molecule has 0 atom stereocenters. The monoisotopic (exact) mass is 175 g/mol. The Labute approximate surface area is 80.5 Å². The summed E-state index contributed by atoms with van der Waals surface area (Å²) in [6.45, 7) is 2.23. The average molecular weight is 175 g/mol. The highest BCUT2D eigenvalue weighted by Crippen LogP contribution is 2.03. The minimum absolute atomic E-state index is 1.18. The number of pyridine rings is 1. The van der Waals surface area contributed by atoms with Gasteiger partial charge in [-0.2, -0.15) is 0 Å². The molecule has 0 radical (unpaired) electrons. The lowest BCUT2D eigenvalue weighted by Gasteiger charge is -1.92. The lowest BCUT2D eigenvalue weighted by molar-refractivity contribution is 0.730. The highest BCUT2D eigenvalue weighted by atomic mass is 14.6. The number of hydrogen-bond acceptors (Lipinski definition) is 1. The number of unbranched alkanes of at least 4 members (excludes halogenated alkanes) is 3. The second-order valence-corrected chi connectivity index (χ2v) is 3.18. The third-order valence-corrected chi connectivity index (χ3v) is 1.97. The Bertz CT molecular complexity index is 239. The predicted octanol–water partition coefficient (Wildman–Crippen LogP) is 3.68. The van der Waals surface area contributed by atoms with E-state index in [0.717, 1.165) is 0 Å². The molecule has 1 heteroatoms. The fourth-order valence-corrected chi connectivity index (χ4v) is 1.21. The van der Waals surface area contributed by atoms with Gasteiger partial charge in [-0.3, -0.25) is 4.98 Å². The summed E-state index contributed by atoms with van der Waals surface area (Å²) in [7, 11) is 0. The van der Waals surface area contributed by atoms with Crippen LogP contribution in [-0.4, -0.2) is 4.98 Å². The van der Waals surface area contributed by atoms with Crippen LogP contribution in [0.15, 0.2) is 30.6 Å². The van der Waals surface area contributed by atoms with Gasteiger partial charge in [0.05, 0.1) is 0 Å². The molecule has 0 amide bonds. The van der Waals surface area contributed by atoms with Crippen LogP contribution >= 0.6 is 0 Å². The molecule has 13 heavy (non-hydrogen) atoms. The van der Waals surface area contributed by atoms with E-state index in [-0.39, 0.29) is 0 Å². The van der Waals surface area contributed by atoms with Crippen LogP contribution in [0, 0.1) is 0 Å². The smallest absolute Gasteiger partial charge is 0.0340 e. The average Bonchev–Trinajstić information content (AvgIpc) is 2.19. The Morgan fingerprint density at radius 1 is 1.38 bits per heavy atom. The number of hydrogen-bond donors (Lipinski definition) is 0. The van der Waals surface area contributed by atoms with Crippen molar-refractivity contribution in [3.8, 4) is 0 Å². The zero-order chi connectivity index (χ0) is 9.36. The van der Waals surface area contributed by atoms with E-state index < -0.39 is 0 Å². The maximum Gasteiger partial charge on any atom is 0.0340 e. The van der Waals surface area contributed by atoms with Crippen molar-refractivity contribution >= 4 is 6.08 Å². The van der Waals surface area contributed by atoms with Crippen molar-refractivity contribution in [3.05, 3.63) is 36.2 Å². The molecule has 0 fully saturated rings. The predicted molar refractivity (Wildman–Crippen MR) is 57.4 cm³/mol. The Morgan fingerprint density at radius 2 is 2.31 bits per heavy atom. The third-order valence-electron chi connectivity index (χ3n) is 1.97. The van der Waals surface area contributed by atoms with Gasteiger partial charge < -0.3 is 0 Å². The second-order valence-electron chi connectivity index (χ2n) is 3.18. The highest BCUT2D eigenvalue weighted by Gasteiger charge is 1.84. The Morgan fingerprint density at radius 3 is 3.00 bits per heavy atom. The molecule has 0 bridgehead atoms. The molecule has 0 N–H and O–H groups in total. The van der Waals surface area contributed by atoms with Crippen LogP contribution in [0.3, 0.4) is 0 Å². The van der Waals surface area contributed by atoms with Crippen LogP contribution in [0.5, 0.6) is 0 Å². The molecule has 0 saturated heterocycles. The summed E-state index contributed by atoms with van der Waals surface area (Å²) in [5.41, 5.74) is 1.19. The molecular formula is C12H17N. The number of aromatic nitrogens is 1. The Hall–Kier alpha value is -1.11. The summed E-state index contributed by atoms with van der Waals surface area (Å²) in [4.78, 5) is 4.05. The molecule has 1 rings (SSSR count). The molecule has 70 valence electrons. The Balaban J connectivity index is 2.25. The zero-order valence-corrected chi connectivity index (χ0v) is 8.24. The van der Waals surface area contributed by atoms with Crippen molar-refractivity contribution in [1.29, 1.82) is 0 Å². The standard InChI is InChI=1S/C12H17N/c1-2-3-4-5-6-8-12-9-7-10-13-11-12/h6-11H,2-5H2,1H3/b8-6+. The van der Waals surface area contributed by atoms with E-state index in [1.54, 1.807) is 6.20 Å². The van der Waals surface area contributed by atoms with Crippen molar-refractivity contribution in [1.82, 2.24) is 4.98 Å². The molecule has 0 aromatic carbocycles. The molecule has 0 aliphatic rings. The van der Waals surface area contributed by atoms with Crippen LogP contribution in [0.4, 0.5) is 0 Å². The Kier molecular flexibility index (Phi) is 4.92. The van der Waals surface area contributed by atoms with Gasteiger partial charge in [0.15, 0.2) is 0 Å². The molecule has 0 aliphatic carbocycles. The van der Waals surface area contributed by atoms with Crippen molar-refractivity contribution in [2.45, 2.75) is 32.6 Å². The number of rotatable bonds is 5. The molecule has 1 heterocycles. The largest absolute Gasteiger partial charge is 0.264 e. The highest BCUT2D eigenvalue weighted by molar-refractivity contribution is 5.46. The quantitative estimate of drug-likeness (QED) is 0.622. The normalized spacial score (nSPS) is 10.8. The van der Waals surface area contributed by atoms with Crippen LogP contribution < -0.4 is 0 Å². The molecule has 0 saturated carbocycles. The zero-order valence-electron chi connectivity index (χ0n) is 8.24. The first kappa shape index (κ1) is 9.97. The van der Waals surface area contributed by atoms with Crippen LogP contribution in [0.1, 0.15) is 38.2 Å². The molecule has 1 aromatic heterocycles. The van der Waals surface area contributed by atoms with Crippen LogP contribution in [-0.2, 0) is 0 Å². The number of allylic oxidation sites excluding steroid dienone is 1. The van der Waals surface area contributed by atoms with E-state index >= 15 is 0 Å². The molecule has 1 aromatic rings. The van der Waals surface area contributed by atoms with Gasteiger partial charge in [0.1, 0.15) is 0 Å². The van der Waals surface area contributed by atoms with Crippen LogP contribution in [0.25, 0.3) is 6.08 Å². The van der Waals surface area contributed by atoms with E-state index in [9.17, 15) is 0 Å². The number of nitrogens with zero attached hydrogens (tertiary/aromatic N) is 1. The van der Waals surface area contributed by atoms with Gasteiger partial charge in [0, 0.05) is 12.4 Å². The first-order valence-electron chi connectivity index (χ1n) is 5.00. The maximum absolute atomic E-state index is 4.05. The van der Waals surface area contributed by atoms with Gasteiger partial charge in [-0.25, -0.2) is 0 Å². The fraction of sp³-hybridized carbons (Fsp3) is 0.417. The summed E-state index contributed by atoms with van der Waals surface area (Å²) in [5.74, 6) is 0. The third kappa shape index (κ3) is 4.46. The topological polar surface area (TPSA) is 12.9 Å². The molecule has 0 spiro atoms. The molecule has 1 nitrogen and oxygen atoms in total. The van der Waals surface area contributed by atoms with Gasteiger partial charge in [0.25, 0.3) is 0 Å². The SMILES string of the molecule is CCCCC/C=C/c1cccnc1. The van der Waals surface area contributed by atoms with E-state index in [0.29, 0.717) is 0 Å². The lowest BCUT2D eigenvalue weighted by Crippen LogP contribution is -1.74. The lowest BCUT2D eigenvalue weighted by atomic mass is 10.2. The second kappa shape index (κ2) is 6.41. The van der Waals surface area contributed by atoms with E-state index in [4.69, 9.17) is 0 Å². The summed E-state index contributed by atoms with van der Waals surface area (Å²) >= 11 is 0. The van der Waals surface area contributed by atoms with E-state index in [1.165, 1.54) is 31.2 Å². The minimum atomic E-state index is 1.18. The first-order valence-corrected chi connectivity index (χ1v) is 5.00. The minimum Gasteiger partial charge on any atom is -0.264 e. The summed E-state index contributed by atoms with van der Waals surface area (Å²) in [6, 6.07) is 4.04. The summed E-state index contributed by atoms with van der Waals surface area (Å²) in [6.07, 6.45) is 13.2. The van der Waals surface area contributed by atoms with Crippen molar-refractivity contribution < 1.29 is 0 Å². The van der Waals surface area contributed by atoms with Crippen LogP contribution in [0.2, 0.25) is 0 Å². The fourth-order valence-electron chi connectivity index (χ4n) is 1.21. The van der Waals surface area contributed by atoms with Crippen molar-refractivity contribution in [2.24, 2.45) is 0 Å². The van der Waals surface area contributed by atoms with Gasteiger partial charge in [0.2, 0.25) is 0 Å². The first-order chi connectivity index (χ1) is 6.43. The van der Waals surface area contributed by atoms with Gasteiger partial charge in [-0.1, -0.05) is 38.0 Å². The molecule has 0 aliphatic heterocycles. The molecular weight excluding hydrogens is 158 g/mol. The van der Waals surface area contributed by atoms with Gasteiger partial charge in [-0.15, -0.1) is 0 Å². The van der Waals surface area contributed by atoms with E-state index in [1.807, 2.05) is 12.3 Å². The summed E-state index contributed by atoms with van der Waals surface area (Å²) < 4.78 is 0. The summed E-state index contributed by atoms with van der Waals surface area (Å²) in [5, 5.41) is 0. The van der Waals surface area contributed by atoms with E-state index in [2.05, 4.69) is 30.1 Å².